The number of piperazine rings is 1. The van der Waals surface area contributed by atoms with Crippen LogP contribution in [-0.2, 0) is 14.8 Å². The zero-order chi connectivity index (χ0) is 12.6. The zero-order valence-corrected chi connectivity index (χ0v) is 12.7. The summed E-state index contributed by atoms with van der Waals surface area (Å²) in [4.78, 5) is 0. The second kappa shape index (κ2) is 6.26. The van der Waals surface area contributed by atoms with E-state index in [0.29, 0.717) is 38.4 Å². The van der Waals surface area contributed by atoms with Crippen LogP contribution < -0.4 is 5.32 Å². The lowest BCUT2D eigenvalue weighted by Crippen LogP contribution is -2.61. The number of nitrogens with one attached hydrogen (secondary N) is 1. The number of fused-ring (bicyclic) bond motifs is 2. The molecular weight excluding hydrogens is 288 g/mol. The molecule has 19 heavy (non-hydrogen) atoms. The van der Waals surface area contributed by atoms with Crippen LogP contribution in [0.25, 0.3) is 0 Å². The molecule has 3 heterocycles. The minimum absolute atomic E-state index is 0. The van der Waals surface area contributed by atoms with Crippen LogP contribution in [-0.4, -0.2) is 56.4 Å². The molecule has 7 heteroatoms. The molecule has 3 unspecified atom stereocenters. The molecule has 0 aliphatic carbocycles. The third-order valence-corrected chi connectivity index (χ3v) is 6.56. The Morgan fingerprint density at radius 1 is 1.05 bits per heavy atom. The van der Waals surface area contributed by atoms with Crippen LogP contribution in [0, 0.1) is 0 Å². The van der Waals surface area contributed by atoms with Gasteiger partial charge in [-0.3, -0.25) is 0 Å². The lowest BCUT2D eigenvalue weighted by molar-refractivity contribution is 0.0958. The van der Waals surface area contributed by atoms with Gasteiger partial charge < -0.3 is 10.1 Å². The van der Waals surface area contributed by atoms with Crippen molar-refractivity contribution in [2.45, 2.75) is 49.4 Å². The van der Waals surface area contributed by atoms with Crippen LogP contribution in [0.4, 0.5) is 0 Å². The van der Waals surface area contributed by atoms with Gasteiger partial charge in [0.1, 0.15) is 0 Å². The van der Waals surface area contributed by atoms with E-state index in [4.69, 9.17) is 4.74 Å². The van der Waals surface area contributed by atoms with Crippen molar-refractivity contribution < 1.29 is 13.2 Å². The first-order chi connectivity index (χ1) is 8.66. The fraction of sp³-hybridized carbons (Fsp3) is 1.00. The third kappa shape index (κ3) is 3.24. The first kappa shape index (κ1) is 15.5. The Hall–Kier alpha value is 0.120. The lowest BCUT2D eigenvalue weighted by Gasteiger charge is -2.43. The lowest BCUT2D eigenvalue weighted by atomic mass is 9.96. The maximum Gasteiger partial charge on any atom is 0.219 e. The molecular formula is C12H23ClN2O3S. The van der Waals surface area contributed by atoms with Crippen molar-refractivity contribution in [3.05, 3.63) is 0 Å². The molecule has 0 amide bonds. The normalized spacial score (nSPS) is 36.5. The van der Waals surface area contributed by atoms with Crippen LogP contribution in [0.2, 0.25) is 0 Å². The Labute approximate surface area is 121 Å². The topological polar surface area (TPSA) is 58.6 Å². The molecule has 3 rings (SSSR count). The molecule has 1 N–H and O–H groups in total. The van der Waals surface area contributed by atoms with E-state index in [2.05, 4.69) is 5.32 Å². The van der Waals surface area contributed by atoms with Crippen molar-refractivity contribution in [3.63, 3.8) is 0 Å². The Morgan fingerprint density at radius 2 is 1.74 bits per heavy atom. The van der Waals surface area contributed by atoms with Crippen LogP contribution in [0.5, 0.6) is 0 Å². The van der Waals surface area contributed by atoms with E-state index in [1.165, 1.54) is 6.42 Å². The SMILES string of the molecule is Cl.O=S(=O)(C1CCCOC1)N1CC2CCCC(C1)N2. The van der Waals surface area contributed by atoms with Gasteiger partial charge in [-0.25, -0.2) is 8.42 Å². The van der Waals surface area contributed by atoms with Crippen molar-refractivity contribution in [3.8, 4) is 0 Å². The molecule has 0 saturated carbocycles. The second-order valence-electron chi connectivity index (χ2n) is 5.69. The molecule has 3 fully saturated rings. The van der Waals surface area contributed by atoms with Gasteiger partial charge in [0, 0.05) is 31.8 Å². The van der Waals surface area contributed by atoms with Gasteiger partial charge in [-0.15, -0.1) is 12.4 Å². The van der Waals surface area contributed by atoms with Gasteiger partial charge in [0.25, 0.3) is 0 Å². The highest BCUT2D eigenvalue weighted by Crippen LogP contribution is 2.25. The summed E-state index contributed by atoms with van der Waals surface area (Å²) in [6, 6.07) is 0.716. The Kier molecular flexibility index (Phi) is 5.11. The van der Waals surface area contributed by atoms with Gasteiger partial charge >= 0.3 is 0 Å². The molecule has 5 nitrogen and oxygen atoms in total. The van der Waals surface area contributed by atoms with E-state index in [1.54, 1.807) is 4.31 Å². The van der Waals surface area contributed by atoms with Crippen LogP contribution in [0.15, 0.2) is 0 Å². The predicted molar refractivity (Wildman–Crippen MR) is 76.1 cm³/mol. The molecule has 3 aliphatic heterocycles. The molecule has 3 aliphatic rings. The number of nitrogens with zero attached hydrogens (tertiary/aromatic N) is 1. The van der Waals surface area contributed by atoms with Crippen LogP contribution >= 0.6 is 12.4 Å². The van der Waals surface area contributed by atoms with Crippen molar-refractivity contribution >= 4 is 22.4 Å². The van der Waals surface area contributed by atoms with Gasteiger partial charge in [0.2, 0.25) is 10.0 Å². The molecule has 112 valence electrons. The maximum atomic E-state index is 12.6. The van der Waals surface area contributed by atoms with Gasteiger partial charge in [-0.05, 0) is 25.7 Å². The first-order valence-electron chi connectivity index (χ1n) is 6.99. The summed E-state index contributed by atoms with van der Waals surface area (Å²) in [7, 11) is -3.16. The quantitative estimate of drug-likeness (QED) is 0.817. The van der Waals surface area contributed by atoms with Crippen molar-refractivity contribution in [1.29, 1.82) is 0 Å². The van der Waals surface area contributed by atoms with Gasteiger partial charge in [0.15, 0.2) is 0 Å². The number of halogens is 1. The third-order valence-electron chi connectivity index (χ3n) is 4.32. The summed E-state index contributed by atoms with van der Waals surface area (Å²) in [5.41, 5.74) is 0. The van der Waals surface area contributed by atoms with E-state index >= 15 is 0 Å². The van der Waals surface area contributed by atoms with Gasteiger partial charge in [-0.1, -0.05) is 6.42 Å². The van der Waals surface area contributed by atoms with E-state index < -0.39 is 10.0 Å². The van der Waals surface area contributed by atoms with E-state index in [1.807, 2.05) is 0 Å². The van der Waals surface area contributed by atoms with Crippen LogP contribution in [0.1, 0.15) is 32.1 Å². The van der Waals surface area contributed by atoms with Gasteiger partial charge in [-0.2, -0.15) is 4.31 Å². The summed E-state index contributed by atoms with van der Waals surface area (Å²) in [6.45, 7) is 2.38. The summed E-state index contributed by atoms with van der Waals surface area (Å²) in [5.74, 6) is 0. The number of ether oxygens (including phenoxy) is 1. The van der Waals surface area contributed by atoms with E-state index in [-0.39, 0.29) is 17.7 Å². The monoisotopic (exact) mass is 310 g/mol. The Balaban J connectivity index is 0.00000133. The maximum absolute atomic E-state index is 12.6. The number of piperidine rings is 1. The molecule has 0 radical (unpaired) electrons. The minimum Gasteiger partial charge on any atom is -0.380 e. The highest BCUT2D eigenvalue weighted by atomic mass is 35.5. The molecule has 3 atom stereocenters. The number of hydrogen-bond donors (Lipinski definition) is 1. The average Bonchev–Trinajstić information content (AvgIpc) is 2.39. The summed E-state index contributed by atoms with van der Waals surface area (Å²) >= 11 is 0. The first-order valence-corrected chi connectivity index (χ1v) is 8.49. The van der Waals surface area contributed by atoms with E-state index in [9.17, 15) is 8.42 Å². The fourth-order valence-electron chi connectivity index (χ4n) is 3.33. The van der Waals surface area contributed by atoms with Crippen LogP contribution in [0.3, 0.4) is 0 Å². The molecule has 0 aromatic carbocycles. The average molecular weight is 311 g/mol. The molecule has 0 aromatic heterocycles. The number of rotatable bonds is 2. The highest BCUT2D eigenvalue weighted by Gasteiger charge is 2.39. The molecule has 0 spiro atoms. The highest BCUT2D eigenvalue weighted by molar-refractivity contribution is 7.89. The van der Waals surface area contributed by atoms with Crippen molar-refractivity contribution in [2.24, 2.45) is 0 Å². The standard InChI is InChI=1S/C12H22N2O3S.ClH/c15-18(16,12-5-2-6-17-9-12)14-7-10-3-1-4-11(8-14)13-10;/h10-13H,1-9H2;1H. The summed E-state index contributed by atoms with van der Waals surface area (Å²) < 4.78 is 32.2. The number of hydrogen-bond acceptors (Lipinski definition) is 4. The summed E-state index contributed by atoms with van der Waals surface area (Å²) in [5, 5.41) is 3.21. The van der Waals surface area contributed by atoms with Crippen molar-refractivity contribution in [1.82, 2.24) is 9.62 Å². The van der Waals surface area contributed by atoms with E-state index in [0.717, 1.165) is 25.7 Å². The summed E-state index contributed by atoms with van der Waals surface area (Å²) in [6.07, 6.45) is 5.04. The fourth-order valence-corrected chi connectivity index (χ4v) is 5.26. The predicted octanol–water partition coefficient (Wildman–Crippen LogP) is 0.743. The van der Waals surface area contributed by atoms with Crippen molar-refractivity contribution in [2.75, 3.05) is 26.3 Å². The van der Waals surface area contributed by atoms with Gasteiger partial charge in [0.05, 0.1) is 11.9 Å². The minimum atomic E-state index is -3.16. The zero-order valence-electron chi connectivity index (χ0n) is 11.1. The Morgan fingerprint density at radius 3 is 2.32 bits per heavy atom. The smallest absolute Gasteiger partial charge is 0.219 e. The Bertz CT molecular complexity index is 386. The largest absolute Gasteiger partial charge is 0.380 e. The molecule has 2 bridgehead atoms. The molecule has 3 saturated heterocycles. The second-order valence-corrected chi connectivity index (χ2v) is 7.91. The molecule has 0 aromatic rings. The number of sulfonamides is 1.